The van der Waals surface area contributed by atoms with Crippen molar-refractivity contribution < 1.29 is 19.1 Å². The predicted octanol–water partition coefficient (Wildman–Crippen LogP) is 3.82. The zero-order chi connectivity index (χ0) is 21.1. The Morgan fingerprint density at radius 1 is 1.27 bits per heavy atom. The maximum absolute atomic E-state index is 12.8. The summed E-state index contributed by atoms with van der Waals surface area (Å²) in [5.74, 6) is -0.447. The monoisotopic (exact) mass is 431 g/mol. The lowest BCUT2D eigenvalue weighted by atomic mass is 9.88. The lowest BCUT2D eigenvalue weighted by molar-refractivity contribution is -0.120. The van der Waals surface area contributed by atoms with Crippen LogP contribution in [-0.2, 0) is 20.8 Å². The minimum atomic E-state index is -0.446. The number of aromatic nitrogens is 1. The van der Waals surface area contributed by atoms with E-state index >= 15 is 0 Å². The Kier molecular flexibility index (Phi) is 6.65. The zero-order valence-corrected chi connectivity index (χ0v) is 18.4. The Morgan fingerprint density at radius 2 is 2.07 bits per heavy atom. The molecule has 2 aromatic rings. The predicted molar refractivity (Wildman–Crippen MR) is 117 cm³/mol. The van der Waals surface area contributed by atoms with Crippen molar-refractivity contribution in [2.45, 2.75) is 51.1 Å². The number of methoxy groups -OCH3 is 1. The molecule has 1 aliphatic heterocycles. The number of carbonyl (C=O) groups is 2. The van der Waals surface area contributed by atoms with Gasteiger partial charge in [-0.3, -0.25) is 9.69 Å². The van der Waals surface area contributed by atoms with E-state index in [4.69, 9.17) is 14.5 Å². The van der Waals surface area contributed by atoms with Crippen LogP contribution in [0.25, 0.3) is 10.2 Å². The van der Waals surface area contributed by atoms with Gasteiger partial charge in [0.15, 0.2) is 0 Å². The number of esters is 1. The Balaban J connectivity index is 1.59. The van der Waals surface area contributed by atoms with Crippen molar-refractivity contribution in [3.8, 4) is 0 Å². The van der Waals surface area contributed by atoms with E-state index in [1.807, 2.05) is 12.1 Å². The van der Waals surface area contributed by atoms with E-state index in [0.717, 1.165) is 61.2 Å². The molecule has 4 rings (SSSR count). The van der Waals surface area contributed by atoms with E-state index in [1.165, 1.54) is 24.9 Å². The van der Waals surface area contributed by atoms with E-state index in [0.29, 0.717) is 23.2 Å². The van der Waals surface area contributed by atoms with Crippen LogP contribution in [0.1, 0.15) is 53.9 Å². The number of ether oxygens (including phenoxy) is 2. The number of anilines is 1. The third kappa shape index (κ3) is 4.50. The van der Waals surface area contributed by atoms with Gasteiger partial charge in [-0.2, -0.15) is 0 Å². The van der Waals surface area contributed by atoms with E-state index in [1.54, 1.807) is 0 Å². The summed E-state index contributed by atoms with van der Waals surface area (Å²) < 4.78 is 10.4. The average molecular weight is 432 g/mol. The molecule has 0 bridgehead atoms. The lowest BCUT2D eigenvalue weighted by Gasteiger charge is -2.22. The molecule has 1 aliphatic carbocycles. The van der Waals surface area contributed by atoms with Crippen LogP contribution in [0.2, 0.25) is 0 Å². The molecule has 2 fully saturated rings. The Bertz CT molecular complexity index is 916. The standard InChI is InChI=1S/C22H29N3O4S/c1-25(16-10-11-29-13-16)12-15-8-9-17-18(19(22(27)28-2)30-21(17)23-15)24-20(26)14-6-4-3-5-7-14/h8-9,14,16H,3-7,10-13H2,1-2H3,(H,24,26). The van der Waals surface area contributed by atoms with Crippen molar-refractivity contribution in [3.63, 3.8) is 0 Å². The van der Waals surface area contributed by atoms with Gasteiger partial charge in [-0.05, 0) is 38.4 Å². The molecule has 1 unspecified atom stereocenters. The van der Waals surface area contributed by atoms with E-state index in [-0.39, 0.29) is 11.8 Å². The van der Waals surface area contributed by atoms with Crippen LogP contribution in [0.4, 0.5) is 5.69 Å². The highest BCUT2D eigenvalue weighted by Gasteiger charge is 2.27. The van der Waals surface area contributed by atoms with E-state index in [2.05, 4.69) is 17.3 Å². The molecule has 30 heavy (non-hydrogen) atoms. The second kappa shape index (κ2) is 9.41. The maximum atomic E-state index is 12.8. The van der Waals surface area contributed by atoms with Crippen LogP contribution in [0.3, 0.4) is 0 Å². The van der Waals surface area contributed by atoms with Crippen LogP contribution >= 0.6 is 11.3 Å². The number of amides is 1. The van der Waals surface area contributed by atoms with Gasteiger partial charge in [0.2, 0.25) is 5.91 Å². The molecule has 162 valence electrons. The SMILES string of the molecule is COC(=O)c1sc2nc(CN(C)C3CCOC3)ccc2c1NC(=O)C1CCCCC1. The third-order valence-electron chi connectivity index (χ3n) is 6.15. The number of nitrogens with zero attached hydrogens (tertiary/aromatic N) is 2. The molecule has 7 nitrogen and oxygen atoms in total. The summed E-state index contributed by atoms with van der Waals surface area (Å²) in [4.78, 5) is 33.4. The second-order valence-corrected chi connectivity index (χ2v) is 9.21. The van der Waals surface area contributed by atoms with Crippen LogP contribution in [0, 0.1) is 5.92 Å². The van der Waals surface area contributed by atoms with Gasteiger partial charge >= 0.3 is 5.97 Å². The van der Waals surface area contributed by atoms with E-state index < -0.39 is 5.97 Å². The summed E-state index contributed by atoms with van der Waals surface area (Å²) in [5, 5.41) is 3.82. The zero-order valence-electron chi connectivity index (χ0n) is 17.6. The summed E-state index contributed by atoms with van der Waals surface area (Å²) in [6, 6.07) is 4.33. The van der Waals surface area contributed by atoms with Gasteiger partial charge < -0.3 is 14.8 Å². The van der Waals surface area contributed by atoms with Gasteiger partial charge in [-0.15, -0.1) is 11.3 Å². The van der Waals surface area contributed by atoms with Gasteiger partial charge in [0.25, 0.3) is 0 Å². The highest BCUT2D eigenvalue weighted by Crippen LogP contribution is 2.37. The number of hydrogen-bond acceptors (Lipinski definition) is 7. The van der Waals surface area contributed by atoms with Crippen molar-refractivity contribution in [1.29, 1.82) is 0 Å². The number of hydrogen-bond donors (Lipinski definition) is 1. The Hall–Kier alpha value is -2.03. The molecular formula is C22H29N3O4S. The number of nitrogens with one attached hydrogen (secondary N) is 1. The minimum Gasteiger partial charge on any atom is -0.465 e. The number of pyridine rings is 1. The van der Waals surface area contributed by atoms with Gasteiger partial charge in [0.05, 0.1) is 25.1 Å². The van der Waals surface area contributed by atoms with Crippen LogP contribution in [0.15, 0.2) is 12.1 Å². The van der Waals surface area contributed by atoms with Crippen molar-refractivity contribution in [2.24, 2.45) is 5.92 Å². The molecular weight excluding hydrogens is 402 g/mol. The quantitative estimate of drug-likeness (QED) is 0.701. The summed E-state index contributed by atoms with van der Waals surface area (Å²) in [5.41, 5.74) is 1.47. The molecule has 1 N–H and O–H groups in total. The summed E-state index contributed by atoms with van der Waals surface area (Å²) in [6.45, 7) is 2.26. The number of rotatable bonds is 6. The van der Waals surface area contributed by atoms with Crippen LogP contribution in [0.5, 0.6) is 0 Å². The molecule has 8 heteroatoms. The topological polar surface area (TPSA) is 80.8 Å². The number of likely N-dealkylation sites (N-methyl/N-ethyl adjacent to an activating group) is 1. The van der Waals surface area contributed by atoms with E-state index in [9.17, 15) is 9.59 Å². The third-order valence-corrected chi connectivity index (χ3v) is 7.23. The second-order valence-electron chi connectivity index (χ2n) is 8.21. The molecule has 0 radical (unpaired) electrons. The van der Waals surface area contributed by atoms with Crippen molar-refractivity contribution in [1.82, 2.24) is 9.88 Å². The fraction of sp³-hybridized carbons (Fsp3) is 0.591. The highest BCUT2D eigenvalue weighted by molar-refractivity contribution is 7.21. The van der Waals surface area contributed by atoms with Gasteiger partial charge in [-0.25, -0.2) is 9.78 Å². The first-order valence-corrected chi connectivity index (χ1v) is 11.5. The van der Waals surface area contributed by atoms with Crippen LogP contribution in [-0.4, -0.2) is 55.2 Å². The number of thiophene rings is 1. The number of carbonyl (C=O) groups excluding carboxylic acids is 2. The molecule has 1 atom stereocenters. The minimum absolute atomic E-state index is 0.00806. The molecule has 1 amide bonds. The summed E-state index contributed by atoms with van der Waals surface area (Å²) in [7, 11) is 3.44. The first-order chi connectivity index (χ1) is 14.6. The molecule has 2 aliphatic rings. The first-order valence-electron chi connectivity index (χ1n) is 10.7. The smallest absolute Gasteiger partial charge is 0.350 e. The van der Waals surface area contributed by atoms with Crippen LogP contribution < -0.4 is 5.32 Å². The largest absolute Gasteiger partial charge is 0.465 e. The maximum Gasteiger partial charge on any atom is 0.350 e. The molecule has 0 spiro atoms. The lowest BCUT2D eigenvalue weighted by Crippen LogP contribution is -2.31. The fourth-order valence-corrected chi connectivity index (χ4v) is 5.38. The van der Waals surface area contributed by atoms with Crippen molar-refractivity contribution >= 4 is 39.1 Å². The number of fused-ring (bicyclic) bond motifs is 1. The Labute approximate surface area is 180 Å². The normalized spacial score (nSPS) is 20.0. The summed E-state index contributed by atoms with van der Waals surface area (Å²) in [6.07, 6.45) is 6.18. The molecule has 1 saturated carbocycles. The molecule has 1 saturated heterocycles. The van der Waals surface area contributed by atoms with Gasteiger partial charge in [-0.1, -0.05) is 19.3 Å². The molecule has 2 aromatic heterocycles. The fourth-order valence-electron chi connectivity index (χ4n) is 4.31. The van der Waals surface area contributed by atoms with Gasteiger partial charge in [0, 0.05) is 30.5 Å². The first kappa shape index (κ1) is 21.2. The summed E-state index contributed by atoms with van der Waals surface area (Å²) >= 11 is 1.28. The highest BCUT2D eigenvalue weighted by atomic mass is 32.1. The van der Waals surface area contributed by atoms with Crippen molar-refractivity contribution in [2.75, 3.05) is 32.7 Å². The molecule has 3 heterocycles. The van der Waals surface area contributed by atoms with Crippen molar-refractivity contribution in [3.05, 3.63) is 22.7 Å². The average Bonchev–Trinajstić information content (AvgIpc) is 3.42. The Morgan fingerprint density at radius 3 is 2.77 bits per heavy atom. The molecule has 0 aromatic carbocycles. The van der Waals surface area contributed by atoms with Gasteiger partial charge in [0.1, 0.15) is 9.71 Å².